The van der Waals surface area contributed by atoms with Gasteiger partial charge in [-0.05, 0) is 47.9 Å². The predicted octanol–water partition coefficient (Wildman–Crippen LogP) is 4.37. The fraction of sp³-hybridized carbons (Fsp3) is 0.286. The summed E-state index contributed by atoms with van der Waals surface area (Å²) in [5.41, 5.74) is 1.57. The molecular weight excluding hydrogens is 378 g/mol. The van der Waals surface area contributed by atoms with Crippen LogP contribution in [0.4, 0.5) is 0 Å². The van der Waals surface area contributed by atoms with Gasteiger partial charge in [0.2, 0.25) is 5.91 Å². The molecule has 6 heteroatoms. The maximum absolute atomic E-state index is 12.9. The standard InChI is InChI=1S/C21H21NO3S2/c1-25-17-5-3-2-4-15(17)21(9-10-21)20(24)22-12-16(23)19-7-6-18(27-19)14-8-11-26-13-14/h2-8,11,13,16,23H,9-10,12H2,1H3,(H,22,24). The van der Waals surface area contributed by atoms with Crippen molar-refractivity contribution in [2.45, 2.75) is 24.4 Å². The fourth-order valence-electron chi connectivity index (χ4n) is 3.33. The summed E-state index contributed by atoms with van der Waals surface area (Å²) in [6.07, 6.45) is 0.896. The lowest BCUT2D eigenvalue weighted by Crippen LogP contribution is -2.37. The Balaban J connectivity index is 1.42. The maximum atomic E-state index is 12.9. The van der Waals surface area contributed by atoms with Crippen molar-refractivity contribution >= 4 is 28.6 Å². The summed E-state index contributed by atoms with van der Waals surface area (Å²) in [4.78, 5) is 14.8. The third-order valence-electron chi connectivity index (χ3n) is 5.02. The number of carbonyl (C=O) groups excluding carboxylic acids is 1. The van der Waals surface area contributed by atoms with Crippen LogP contribution in [0, 0.1) is 0 Å². The first kappa shape index (κ1) is 18.2. The molecular formula is C21H21NO3S2. The van der Waals surface area contributed by atoms with Crippen LogP contribution in [0.1, 0.15) is 29.4 Å². The highest BCUT2D eigenvalue weighted by molar-refractivity contribution is 7.16. The first-order valence-corrected chi connectivity index (χ1v) is 10.6. The highest BCUT2D eigenvalue weighted by Crippen LogP contribution is 2.51. The van der Waals surface area contributed by atoms with Crippen molar-refractivity contribution in [1.29, 1.82) is 0 Å². The topological polar surface area (TPSA) is 58.6 Å². The molecule has 140 valence electrons. The number of ether oxygens (including phenoxy) is 1. The molecule has 4 nitrogen and oxygen atoms in total. The van der Waals surface area contributed by atoms with Crippen molar-refractivity contribution in [3.8, 4) is 16.2 Å². The minimum Gasteiger partial charge on any atom is -0.496 e. The summed E-state index contributed by atoms with van der Waals surface area (Å²) >= 11 is 3.22. The number of rotatable bonds is 7. The van der Waals surface area contributed by atoms with Crippen molar-refractivity contribution < 1.29 is 14.6 Å². The van der Waals surface area contributed by atoms with E-state index >= 15 is 0 Å². The molecule has 1 unspecified atom stereocenters. The molecule has 1 aromatic carbocycles. The Bertz CT molecular complexity index is 929. The van der Waals surface area contributed by atoms with Gasteiger partial charge in [0.25, 0.3) is 0 Å². The average Bonchev–Trinajstić information content (AvgIpc) is 3.10. The Morgan fingerprint density at radius 3 is 2.78 bits per heavy atom. The lowest BCUT2D eigenvalue weighted by molar-refractivity contribution is -0.124. The molecule has 0 bridgehead atoms. The Morgan fingerprint density at radius 2 is 2.07 bits per heavy atom. The van der Waals surface area contributed by atoms with Crippen molar-refractivity contribution in [1.82, 2.24) is 5.32 Å². The minimum absolute atomic E-state index is 0.0411. The SMILES string of the molecule is COc1ccccc1C1(C(=O)NCC(O)c2ccc(-c3ccsc3)s2)CC1. The molecule has 1 aliphatic rings. The molecule has 27 heavy (non-hydrogen) atoms. The molecule has 2 aromatic heterocycles. The molecule has 2 heterocycles. The molecule has 1 amide bonds. The van der Waals surface area contributed by atoms with E-state index in [0.29, 0.717) is 0 Å². The number of methoxy groups -OCH3 is 1. The van der Waals surface area contributed by atoms with Gasteiger partial charge in [-0.1, -0.05) is 18.2 Å². The van der Waals surface area contributed by atoms with Crippen LogP contribution in [-0.2, 0) is 10.2 Å². The van der Waals surface area contributed by atoms with Gasteiger partial charge in [0.05, 0.1) is 12.5 Å². The molecule has 4 rings (SSSR count). The van der Waals surface area contributed by atoms with Crippen LogP contribution < -0.4 is 10.1 Å². The van der Waals surface area contributed by atoms with Crippen LogP contribution >= 0.6 is 22.7 Å². The van der Waals surface area contributed by atoms with Crippen LogP contribution in [0.5, 0.6) is 5.75 Å². The molecule has 0 spiro atoms. The Morgan fingerprint density at radius 1 is 1.26 bits per heavy atom. The molecule has 1 saturated carbocycles. The summed E-state index contributed by atoms with van der Waals surface area (Å²) in [7, 11) is 1.62. The van der Waals surface area contributed by atoms with Crippen LogP contribution in [0.25, 0.3) is 10.4 Å². The van der Waals surface area contributed by atoms with Gasteiger partial charge in [-0.15, -0.1) is 11.3 Å². The largest absolute Gasteiger partial charge is 0.496 e. The fourth-order valence-corrected chi connectivity index (χ4v) is 5.06. The molecule has 1 atom stereocenters. The summed E-state index contributed by atoms with van der Waals surface area (Å²) in [5, 5.41) is 17.6. The smallest absolute Gasteiger partial charge is 0.230 e. The van der Waals surface area contributed by atoms with Gasteiger partial charge in [-0.2, -0.15) is 11.3 Å². The summed E-state index contributed by atoms with van der Waals surface area (Å²) in [6, 6.07) is 13.7. The summed E-state index contributed by atoms with van der Waals surface area (Å²) in [5.74, 6) is 0.699. The molecule has 1 aliphatic carbocycles. The average molecular weight is 400 g/mol. The lowest BCUT2D eigenvalue weighted by atomic mass is 9.94. The Labute approximate surface area is 166 Å². The van der Waals surface area contributed by atoms with Crippen LogP contribution in [0.2, 0.25) is 0 Å². The number of carbonyl (C=O) groups is 1. The van der Waals surface area contributed by atoms with Crippen molar-refractivity contribution in [3.63, 3.8) is 0 Å². The van der Waals surface area contributed by atoms with E-state index in [1.165, 1.54) is 5.56 Å². The van der Waals surface area contributed by atoms with E-state index in [2.05, 4.69) is 16.8 Å². The number of thiophene rings is 2. The maximum Gasteiger partial charge on any atom is 0.230 e. The van der Waals surface area contributed by atoms with E-state index in [0.717, 1.165) is 33.9 Å². The molecule has 1 fully saturated rings. The zero-order valence-electron chi connectivity index (χ0n) is 15.0. The zero-order chi connectivity index (χ0) is 18.9. The zero-order valence-corrected chi connectivity index (χ0v) is 16.6. The second kappa shape index (κ2) is 7.46. The van der Waals surface area contributed by atoms with E-state index in [4.69, 9.17) is 4.74 Å². The van der Waals surface area contributed by atoms with E-state index < -0.39 is 11.5 Å². The van der Waals surface area contributed by atoms with Gasteiger partial charge >= 0.3 is 0 Å². The van der Waals surface area contributed by atoms with Crippen LogP contribution in [0.3, 0.4) is 0 Å². The second-order valence-electron chi connectivity index (χ2n) is 6.72. The number of amides is 1. The number of para-hydroxylation sites is 1. The van der Waals surface area contributed by atoms with Gasteiger partial charge in [0.15, 0.2) is 0 Å². The Kier molecular flexibility index (Phi) is 5.04. The minimum atomic E-state index is -0.709. The summed E-state index contributed by atoms with van der Waals surface area (Å²) in [6.45, 7) is 0.208. The number of benzene rings is 1. The highest BCUT2D eigenvalue weighted by Gasteiger charge is 2.52. The van der Waals surface area contributed by atoms with Crippen molar-refractivity contribution in [2.75, 3.05) is 13.7 Å². The van der Waals surface area contributed by atoms with Gasteiger partial charge in [0.1, 0.15) is 11.9 Å². The third-order valence-corrected chi connectivity index (χ3v) is 6.94. The number of aliphatic hydroxyl groups is 1. The molecule has 2 N–H and O–H groups in total. The highest BCUT2D eigenvalue weighted by atomic mass is 32.1. The van der Waals surface area contributed by atoms with Crippen LogP contribution in [-0.4, -0.2) is 24.7 Å². The second-order valence-corrected chi connectivity index (χ2v) is 8.62. The van der Waals surface area contributed by atoms with E-state index in [9.17, 15) is 9.90 Å². The molecule has 0 radical (unpaired) electrons. The number of aliphatic hydroxyl groups excluding tert-OH is 1. The first-order valence-electron chi connectivity index (χ1n) is 8.86. The first-order chi connectivity index (χ1) is 13.1. The normalized spacial score (nSPS) is 15.9. The Hall–Kier alpha value is -2.15. The quantitative estimate of drug-likeness (QED) is 0.620. The van der Waals surface area contributed by atoms with E-state index in [-0.39, 0.29) is 12.5 Å². The van der Waals surface area contributed by atoms with Gasteiger partial charge < -0.3 is 15.2 Å². The predicted molar refractivity (Wildman–Crippen MR) is 110 cm³/mol. The number of hydrogen-bond acceptors (Lipinski definition) is 5. The van der Waals surface area contributed by atoms with Crippen molar-refractivity contribution in [2.24, 2.45) is 0 Å². The van der Waals surface area contributed by atoms with E-state index in [1.807, 2.05) is 41.8 Å². The van der Waals surface area contributed by atoms with Crippen LogP contribution in [0.15, 0.2) is 53.2 Å². The monoisotopic (exact) mass is 399 g/mol. The summed E-state index contributed by atoms with van der Waals surface area (Å²) < 4.78 is 5.43. The third kappa shape index (κ3) is 3.52. The molecule has 0 saturated heterocycles. The molecule has 3 aromatic rings. The van der Waals surface area contributed by atoms with Gasteiger partial charge in [-0.3, -0.25) is 4.79 Å². The van der Waals surface area contributed by atoms with Gasteiger partial charge in [-0.25, -0.2) is 0 Å². The lowest BCUT2D eigenvalue weighted by Gasteiger charge is -2.19. The van der Waals surface area contributed by atoms with Gasteiger partial charge in [0, 0.05) is 27.4 Å². The van der Waals surface area contributed by atoms with Crippen molar-refractivity contribution in [3.05, 3.63) is 63.7 Å². The number of hydrogen-bond donors (Lipinski definition) is 2. The van der Waals surface area contributed by atoms with E-state index in [1.54, 1.807) is 29.8 Å². The number of nitrogens with one attached hydrogen (secondary N) is 1. The molecule has 0 aliphatic heterocycles.